The number of nitrogens with zero attached hydrogens (tertiary/aromatic N) is 2. The van der Waals surface area contributed by atoms with Gasteiger partial charge in [0.05, 0.1) is 12.5 Å². The van der Waals surface area contributed by atoms with Gasteiger partial charge in [0.1, 0.15) is 0 Å². The van der Waals surface area contributed by atoms with Crippen LogP contribution in [-0.4, -0.2) is 50.7 Å². The van der Waals surface area contributed by atoms with E-state index in [1.807, 2.05) is 30.3 Å². The maximum atomic E-state index is 12.8. The van der Waals surface area contributed by atoms with E-state index in [2.05, 4.69) is 65.3 Å². The molecule has 1 saturated heterocycles. The third kappa shape index (κ3) is 5.88. The average molecular weight is 491 g/mol. The van der Waals surface area contributed by atoms with E-state index in [1.165, 1.54) is 23.9 Å². The normalized spacial score (nSPS) is 16.0. The standard InChI is InChI=1S/C30H35ClN2O2/c1-3-30(29(34)35-2,26-8-5-4-6-9-26)18-7-19-32-20-22-33(23-21-32)28-16-12-25(13-17-28)24-10-14-27(31)15-11-24/h4-6,8-17H,3,7,18-23H2,1-2H3. The van der Waals surface area contributed by atoms with Gasteiger partial charge in [-0.05, 0) is 66.8 Å². The Morgan fingerprint density at radius 3 is 2.06 bits per heavy atom. The topological polar surface area (TPSA) is 32.8 Å². The highest BCUT2D eigenvalue weighted by molar-refractivity contribution is 6.30. The molecule has 1 fully saturated rings. The number of hydrogen-bond donors (Lipinski definition) is 0. The molecular formula is C30H35ClN2O2. The van der Waals surface area contributed by atoms with Crippen LogP contribution in [0.2, 0.25) is 5.02 Å². The maximum absolute atomic E-state index is 12.8. The summed E-state index contributed by atoms with van der Waals surface area (Å²) < 4.78 is 5.24. The second kappa shape index (κ2) is 11.7. The van der Waals surface area contributed by atoms with Crippen LogP contribution in [0.1, 0.15) is 31.7 Å². The summed E-state index contributed by atoms with van der Waals surface area (Å²) in [5, 5.41) is 0.758. The molecule has 0 radical (unpaired) electrons. The summed E-state index contributed by atoms with van der Waals surface area (Å²) in [4.78, 5) is 17.8. The molecule has 1 aliphatic rings. The van der Waals surface area contributed by atoms with Gasteiger partial charge in [-0.2, -0.15) is 0 Å². The number of hydrogen-bond acceptors (Lipinski definition) is 4. The summed E-state index contributed by atoms with van der Waals surface area (Å²) in [5.74, 6) is -0.127. The van der Waals surface area contributed by atoms with E-state index in [1.54, 1.807) is 0 Å². The van der Waals surface area contributed by atoms with E-state index in [4.69, 9.17) is 16.3 Å². The molecule has 0 N–H and O–H groups in total. The molecule has 5 heteroatoms. The van der Waals surface area contributed by atoms with Gasteiger partial charge < -0.3 is 9.64 Å². The second-order valence-electron chi connectivity index (χ2n) is 9.28. The highest BCUT2D eigenvalue weighted by atomic mass is 35.5. The van der Waals surface area contributed by atoms with Gasteiger partial charge in [0, 0.05) is 36.9 Å². The fourth-order valence-electron chi connectivity index (χ4n) is 5.18. The van der Waals surface area contributed by atoms with E-state index in [0.29, 0.717) is 0 Å². The molecule has 1 unspecified atom stereocenters. The van der Waals surface area contributed by atoms with Crippen LogP contribution in [0.25, 0.3) is 11.1 Å². The molecule has 35 heavy (non-hydrogen) atoms. The van der Waals surface area contributed by atoms with Crippen molar-refractivity contribution in [3.8, 4) is 11.1 Å². The number of carbonyl (C=O) groups is 1. The molecule has 3 aromatic rings. The minimum Gasteiger partial charge on any atom is -0.468 e. The first-order valence-electron chi connectivity index (χ1n) is 12.5. The summed E-state index contributed by atoms with van der Waals surface area (Å²) in [6.45, 7) is 7.16. The number of halogens is 1. The Labute approximate surface area is 214 Å². The summed E-state index contributed by atoms with van der Waals surface area (Å²) >= 11 is 6.02. The molecule has 4 rings (SSSR count). The number of ether oxygens (including phenoxy) is 1. The van der Waals surface area contributed by atoms with Crippen molar-refractivity contribution in [3.63, 3.8) is 0 Å². The zero-order valence-corrected chi connectivity index (χ0v) is 21.5. The largest absolute Gasteiger partial charge is 0.468 e. The third-order valence-corrected chi connectivity index (χ3v) is 7.62. The van der Waals surface area contributed by atoms with Gasteiger partial charge in [-0.15, -0.1) is 0 Å². The fraction of sp³-hybridized carbons (Fsp3) is 0.367. The van der Waals surface area contributed by atoms with Crippen molar-refractivity contribution >= 4 is 23.3 Å². The Hall–Kier alpha value is -2.82. The molecule has 0 bridgehead atoms. The van der Waals surface area contributed by atoms with Crippen LogP contribution in [0.5, 0.6) is 0 Å². The van der Waals surface area contributed by atoms with Crippen LogP contribution in [0.4, 0.5) is 5.69 Å². The zero-order valence-electron chi connectivity index (χ0n) is 20.8. The monoisotopic (exact) mass is 490 g/mol. The highest BCUT2D eigenvalue weighted by Crippen LogP contribution is 2.34. The third-order valence-electron chi connectivity index (χ3n) is 7.37. The lowest BCUT2D eigenvalue weighted by Gasteiger charge is -2.37. The van der Waals surface area contributed by atoms with Crippen LogP contribution in [0.3, 0.4) is 0 Å². The van der Waals surface area contributed by atoms with Gasteiger partial charge in [-0.25, -0.2) is 0 Å². The molecule has 1 atom stereocenters. The number of esters is 1. The molecule has 0 amide bonds. The average Bonchev–Trinajstić information content (AvgIpc) is 2.92. The summed E-state index contributed by atoms with van der Waals surface area (Å²) in [7, 11) is 1.50. The smallest absolute Gasteiger partial charge is 0.316 e. The predicted octanol–water partition coefficient (Wildman–Crippen LogP) is 6.43. The lowest BCUT2D eigenvalue weighted by atomic mass is 9.74. The van der Waals surface area contributed by atoms with Crippen LogP contribution in [0, 0.1) is 0 Å². The van der Waals surface area contributed by atoms with Crippen LogP contribution >= 0.6 is 11.6 Å². The van der Waals surface area contributed by atoms with Gasteiger partial charge in [0.25, 0.3) is 0 Å². The minimum absolute atomic E-state index is 0.127. The number of rotatable bonds is 9. The van der Waals surface area contributed by atoms with Crippen LogP contribution in [0.15, 0.2) is 78.9 Å². The van der Waals surface area contributed by atoms with Crippen molar-refractivity contribution in [2.75, 3.05) is 44.7 Å². The molecule has 3 aromatic carbocycles. The molecule has 0 saturated carbocycles. The van der Waals surface area contributed by atoms with Crippen molar-refractivity contribution in [1.82, 2.24) is 4.90 Å². The van der Waals surface area contributed by atoms with E-state index in [0.717, 1.165) is 62.6 Å². The summed E-state index contributed by atoms with van der Waals surface area (Å²) in [6, 6.07) is 26.9. The Balaban J connectivity index is 1.30. The maximum Gasteiger partial charge on any atom is 0.316 e. The lowest BCUT2D eigenvalue weighted by molar-refractivity contribution is -0.148. The quantitative estimate of drug-likeness (QED) is 0.323. The zero-order chi connectivity index (χ0) is 24.7. The van der Waals surface area contributed by atoms with Gasteiger partial charge in [-0.1, -0.05) is 73.1 Å². The molecule has 184 valence electrons. The van der Waals surface area contributed by atoms with Crippen LogP contribution < -0.4 is 4.90 Å². The predicted molar refractivity (Wildman–Crippen MR) is 145 cm³/mol. The van der Waals surface area contributed by atoms with Gasteiger partial charge in [0.2, 0.25) is 0 Å². The van der Waals surface area contributed by atoms with E-state index < -0.39 is 5.41 Å². The van der Waals surface area contributed by atoms with Crippen molar-refractivity contribution < 1.29 is 9.53 Å². The minimum atomic E-state index is -0.566. The molecule has 1 heterocycles. The fourth-order valence-corrected chi connectivity index (χ4v) is 5.31. The van der Waals surface area contributed by atoms with E-state index in [-0.39, 0.29) is 5.97 Å². The summed E-state index contributed by atoms with van der Waals surface area (Å²) in [5.41, 5.74) is 4.14. The number of anilines is 1. The van der Waals surface area contributed by atoms with Crippen LogP contribution in [-0.2, 0) is 14.9 Å². The van der Waals surface area contributed by atoms with Crippen molar-refractivity contribution in [3.05, 3.63) is 89.4 Å². The van der Waals surface area contributed by atoms with E-state index >= 15 is 0 Å². The first kappa shape index (κ1) is 25.3. The van der Waals surface area contributed by atoms with Gasteiger partial charge in [-0.3, -0.25) is 9.69 Å². The molecular weight excluding hydrogens is 456 g/mol. The molecule has 0 aromatic heterocycles. The van der Waals surface area contributed by atoms with Gasteiger partial charge in [0.15, 0.2) is 0 Å². The lowest BCUT2D eigenvalue weighted by Crippen LogP contribution is -2.47. The molecule has 1 aliphatic heterocycles. The molecule has 0 spiro atoms. The van der Waals surface area contributed by atoms with Crippen molar-refractivity contribution in [2.24, 2.45) is 0 Å². The number of carbonyl (C=O) groups excluding carboxylic acids is 1. The first-order valence-corrected chi connectivity index (χ1v) is 12.9. The Bertz CT molecular complexity index is 1080. The molecule has 0 aliphatic carbocycles. The number of piperazine rings is 1. The van der Waals surface area contributed by atoms with Crippen molar-refractivity contribution in [1.29, 1.82) is 0 Å². The SMILES string of the molecule is CCC(CCCN1CCN(c2ccc(-c3ccc(Cl)cc3)cc2)CC1)(C(=O)OC)c1ccccc1. The molecule has 4 nitrogen and oxygen atoms in total. The highest BCUT2D eigenvalue weighted by Gasteiger charge is 2.39. The Morgan fingerprint density at radius 2 is 1.49 bits per heavy atom. The number of benzene rings is 3. The first-order chi connectivity index (χ1) is 17.1. The van der Waals surface area contributed by atoms with Gasteiger partial charge >= 0.3 is 5.97 Å². The Kier molecular flexibility index (Phi) is 8.48. The van der Waals surface area contributed by atoms with E-state index in [9.17, 15) is 4.79 Å². The Morgan fingerprint density at radius 1 is 0.886 bits per heavy atom. The second-order valence-corrected chi connectivity index (χ2v) is 9.72. The van der Waals surface area contributed by atoms with Crippen molar-refractivity contribution in [2.45, 2.75) is 31.6 Å². The summed E-state index contributed by atoms with van der Waals surface area (Å²) in [6.07, 6.45) is 2.50. The number of methoxy groups -OCH3 is 1.